The Morgan fingerprint density at radius 2 is 2.00 bits per heavy atom. The molecule has 1 fully saturated rings. The topological polar surface area (TPSA) is 49.6 Å². The van der Waals surface area contributed by atoms with Gasteiger partial charge in [0.15, 0.2) is 0 Å². The number of carbonyl (C=O) groups is 1. The minimum Gasteiger partial charge on any atom is -0.369 e. The van der Waals surface area contributed by atoms with Crippen molar-refractivity contribution in [2.75, 3.05) is 22.9 Å². The van der Waals surface area contributed by atoms with Gasteiger partial charge in [-0.15, -0.1) is 0 Å². The van der Waals surface area contributed by atoms with E-state index in [-0.39, 0.29) is 6.04 Å². The van der Waals surface area contributed by atoms with Crippen molar-refractivity contribution in [3.63, 3.8) is 0 Å². The number of hydrogen-bond acceptors (Lipinski definition) is 2. The number of urea groups is 1. The van der Waals surface area contributed by atoms with Crippen LogP contribution in [-0.2, 0) is 0 Å². The van der Waals surface area contributed by atoms with Crippen molar-refractivity contribution < 1.29 is 4.79 Å². The second-order valence-corrected chi connectivity index (χ2v) is 6.73. The number of primary amides is 1. The van der Waals surface area contributed by atoms with E-state index < -0.39 is 6.03 Å². The fourth-order valence-electron chi connectivity index (χ4n) is 3.36. The Hall–Kier alpha value is -2.20. The molecule has 1 atom stereocenters. The van der Waals surface area contributed by atoms with E-state index in [1.54, 1.807) is 4.90 Å². The molecule has 1 aliphatic rings. The zero-order chi connectivity index (χ0) is 17.3. The summed E-state index contributed by atoms with van der Waals surface area (Å²) < 4.78 is 0. The molecule has 0 bridgehead atoms. The largest absolute Gasteiger partial charge is 0.369 e. The fraction of sp³-hybridized carbons (Fsp3) is 0.316. The van der Waals surface area contributed by atoms with E-state index in [1.165, 1.54) is 11.3 Å². The van der Waals surface area contributed by atoms with Crippen molar-refractivity contribution in [2.24, 2.45) is 5.73 Å². The molecule has 0 radical (unpaired) electrons. The van der Waals surface area contributed by atoms with Crippen LogP contribution in [0.3, 0.4) is 0 Å². The highest BCUT2D eigenvalue weighted by atomic mass is 35.5. The minimum absolute atomic E-state index is 0.0418. The third-order valence-electron chi connectivity index (χ3n) is 4.63. The van der Waals surface area contributed by atoms with Gasteiger partial charge in [0.2, 0.25) is 0 Å². The first-order valence-electron chi connectivity index (χ1n) is 8.13. The molecule has 2 aromatic carbocycles. The second-order valence-electron chi connectivity index (χ2n) is 6.32. The predicted octanol–water partition coefficient (Wildman–Crippen LogP) is 4.12. The molecule has 0 aliphatic carbocycles. The summed E-state index contributed by atoms with van der Waals surface area (Å²) in [6, 6.07) is 13.6. The Labute approximate surface area is 147 Å². The number of nitrogens with two attached hydrogens (primary N) is 1. The molecule has 0 aromatic heterocycles. The maximum absolute atomic E-state index is 12.1. The maximum Gasteiger partial charge on any atom is 0.319 e. The first-order valence-corrected chi connectivity index (χ1v) is 8.50. The quantitative estimate of drug-likeness (QED) is 0.911. The summed E-state index contributed by atoms with van der Waals surface area (Å²) in [5.41, 5.74) is 9.79. The zero-order valence-electron chi connectivity index (χ0n) is 14.0. The van der Waals surface area contributed by atoms with Crippen LogP contribution in [0.1, 0.15) is 17.5 Å². The highest BCUT2D eigenvalue weighted by Gasteiger charge is 2.32. The van der Waals surface area contributed by atoms with Crippen LogP contribution >= 0.6 is 11.6 Å². The van der Waals surface area contributed by atoms with Gasteiger partial charge in [-0.05, 0) is 55.7 Å². The van der Waals surface area contributed by atoms with Gasteiger partial charge in [0.1, 0.15) is 0 Å². The molecular weight excluding hydrogens is 322 g/mol. The van der Waals surface area contributed by atoms with Crippen LogP contribution in [0.2, 0.25) is 5.02 Å². The number of benzene rings is 2. The minimum atomic E-state index is -0.434. The first kappa shape index (κ1) is 16.7. The molecular formula is C19H22ClN3O. The average molecular weight is 344 g/mol. The molecule has 1 saturated heterocycles. The van der Waals surface area contributed by atoms with Crippen molar-refractivity contribution in [3.8, 4) is 0 Å². The van der Waals surface area contributed by atoms with Gasteiger partial charge in [-0.25, -0.2) is 4.79 Å². The Bertz CT molecular complexity index is 762. The van der Waals surface area contributed by atoms with Crippen LogP contribution in [0.15, 0.2) is 42.5 Å². The molecule has 2 N–H and O–H groups in total. The lowest BCUT2D eigenvalue weighted by Gasteiger charge is -2.29. The van der Waals surface area contributed by atoms with E-state index in [4.69, 9.17) is 17.3 Å². The Morgan fingerprint density at radius 3 is 2.71 bits per heavy atom. The van der Waals surface area contributed by atoms with Gasteiger partial charge in [0.05, 0.1) is 11.7 Å². The van der Waals surface area contributed by atoms with Gasteiger partial charge in [-0.2, -0.15) is 0 Å². The van der Waals surface area contributed by atoms with E-state index >= 15 is 0 Å². The number of hydrogen-bond donors (Lipinski definition) is 1. The van der Waals surface area contributed by atoms with Crippen LogP contribution in [-0.4, -0.2) is 25.2 Å². The Kier molecular flexibility index (Phi) is 4.67. The number of nitrogens with zero attached hydrogens (tertiary/aromatic N) is 2. The Balaban J connectivity index is 1.86. The normalized spacial score (nSPS) is 17.1. The summed E-state index contributed by atoms with van der Waals surface area (Å²) in [6.45, 7) is 5.67. The number of amides is 2. The molecule has 2 amide bonds. The van der Waals surface area contributed by atoms with E-state index in [0.717, 1.165) is 30.8 Å². The van der Waals surface area contributed by atoms with Crippen LogP contribution < -0.4 is 15.5 Å². The van der Waals surface area contributed by atoms with E-state index in [0.29, 0.717) is 5.02 Å². The highest BCUT2D eigenvalue weighted by molar-refractivity contribution is 6.31. The third-order valence-corrected chi connectivity index (χ3v) is 5.04. The summed E-state index contributed by atoms with van der Waals surface area (Å²) in [4.78, 5) is 16.1. The molecule has 1 heterocycles. The van der Waals surface area contributed by atoms with Crippen molar-refractivity contribution >= 4 is 29.0 Å². The van der Waals surface area contributed by atoms with Crippen molar-refractivity contribution in [2.45, 2.75) is 26.3 Å². The molecule has 0 saturated carbocycles. The summed E-state index contributed by atoms with van der Waals surface area (Å²) in [6.07, 6.45) is 0.878. The van der Waals surface area contributed by atoms with Gasteiger partial charge in [0, 0.05) is 23.8 Å². The average Bonchev–Trinajstić information content (AvgIpc) is 3.01. The van der Waals surface area contributed by atoms with Gasteiger partial charge in [-0.1, -0.05) is 29.8 Å². The van der Waals surface area contributed by atoms with Crippen LogP contribution in [0.25, 0.3) is 0 Å². The van der Waals surface area contributed by atoms with Crippen molar-refractivity contribution in [1.29, 1.82) is 0 Å². The van der Waals surface area contributed by atoms with Gasteiger partial charge >= 0.3 is 6.03 Å². The van der Waals surface area contributed by atoms with E-state index in [9.17, 15) is 4.79 Å². The number of aryl methyl sites for hydroxylation is 1. The van der Waals surface area contributed by atoms with Crippen LogP contribution in [0.4, 0.5) is 16.2 Å². The molecule has 0 unspecified atom stereocenters. The SMILES string of the molecule is Cc1cccc(N2CC[C@@H](N(C(N)=O)c3cccc(Cl)c3C)C2)c1. The summed E-state index contributed by atoms with van der Waals surface area (Å²) in [7, 11) is 0. The fourth-order valence-corrected chi connectivity index (χ4v) is 3.53. The molecule has 126 valence electrons. The number of halogens is 1. The van der Waals surface area contributed by atoms with Crippen molar-refractivity contribution in [3.05, 3.63) is 58.6 Å². The maximum atomic E-state index is 12.1. The molecule has 24 heavy (non-hydrogen) atoms. The smallest absolute Gasteiger partial charge is 0.319 e. The van der Waals surface area contributed by atoms with E-state index in [2.05, 4.69) is 36.1 Å². The third kappa shape index (κ3) is 3.20. The van der Waals surface area contributed by atoms with E-state index in [1.807, 2.05) is 25.1 Å². The molecule has 5 heteroatoms. The standard InChI is InChI=1S/C19H22ClN3O/c1-13-5-3-6-15(11-13)22-10-9-16(12-22)23(19(21)24)18-8-4-7-17(20)14(18)2/h3-8,11,16H,9-10,12H2,1-2H3,(H2,21,24)/t16-/m1/s1. The van der Waals surface area contributed by atoms with Crippen molar-refractivity contribution in [1.82, 2.24) is 0 Å². The molecule has 3 rings (SSSR count). The molecule has 1 aliphatic heterocycles. The lowest BCUT2D eigenvalue weighted by atomic mass is 10.1. The lowest BCUT2D eigenvalue weighted by Crippen LogP contribution is -2.45. The molecule has 4 nitrogen and oxygen atoms in total. The molecule has 0 spiro atoms. The summed E-state index contributed by atoms with van der Waals surface area (Å²) in [5, 5.41) is 0.646. The van der Waals surface area contributed by atoms with Gasteiger partial charge < -0.3 is 10.6 Å². The summed E-state index contributed by atoms with van der Waals surface area (Å²) in [5.74, 6) is 0. The summed E-state index contributed by atoms with van der Waals surface area (Å²) >= 11 is 6.22. The lowest BCUT2D eigenvalue weighted by molar-refractivity contribution is 0.252. The van der Waals surface area contributed by atoms with Crippen LogP contribution in [0.5, 0.6) is 0 Å². The number of carbonyl (C=O) groups excluding carboxylic acids is 1. The first-order chi connectivity index (χ1) is 11.5. The second kappa shape index (κ2) is 6.73. The van der Waals surface area contributed by atoms with Crippen LogP contribution in [0, 0.1) is 13.8 Å². The number of rotatable bonds is 3. The predicted molar refractivity (Wildman–Crippen MR) is 100 cm³/mol. The highest BCUT2D eigenvalue weighted by Crippen LogP contribution is 2.31. The van der Waals surface area contributed by atoms with Gasteiger partial charge in [-0.3, -0.25) is 4.90 Å². The Morgan fingerprint density at radius 1 is 1.25 bits per heavy atom. The molecule has 2 aromatic rings. The number of anilines is 2. The zero-order valence-corrected chi connectivity index (χ0v) is 14.8. The monoisotopic (exact) mass is 343 g/mol. The van der Waals surface area contributed by atoms with Gasteiger partial charge in [0.25, 0.3) is 0 Å².